The summed E-state index contributed by atoms with van der Waals surface area (Å²) >= 11 is 0. The van der Waals surface area contributed by atoms with Crippen LogP contribution in [0.4, 0.5) is 5.69 Å². The molecular weight excluding hydrogens is 226 g/mol. The Morgan fingerprint density at radius 3 is 2.44 bits per heavy atom. The molecule has 3 heteroatoms. The number of unbranched alkanes of at least 4 members (excludes halogenated alkanes) is 1. The van der Waals surface area contributed by atoms with Crippen LogP contribution in [-0.4, -0.2) is 19.1 Å². The second kappa shape index (κ2) is 7.75. The predicted octanol–water partition coefficient (Wildman–Crippen LogP) is 3.45. The molecule has 1 rings (SSSR count). The second-order valence-corrected chi connectivity index (χ2v) is 4.57. The maximum atomic E-state index is 11.1. The monoisotopic (exact) mass is 249 g/mol. The summed E-state index contributed by atoms with van der Waals surface area (Å²) in [7, 11) is 0. The third kappa shape index (κ3) is 5.71. The summed E-state index contributed by atoms with van der Waals surface area (Å²) in [5.74, 6) is -0.0936. The van der Waals surface area contributed by atoms with Crippen molar-refractivity contribution in [2.75, 3.05) is 18.5 Å². The van der Waals surface area contributed by atoms with Crippen molar-refractivity contribution in [1.82, 2.24) is 0 Å². The fourth-order valence-corrected chi connectivity index (χ4v) is 1.94. The minimum absolute atomic E-state index is 0.0936. The molecule has 0 bridgehead atoms. The van der Waals surface area contributed by atoms with Crippen LogP contribution in [0.25, 0.3) is 0 Å². The van der Waals surface area contributed by atoms with Gasteiger partial charge in [0.15, 0.2) is 0 Å². The summed E-state index contributed by atoms with van der Waals surface area (Å²) in [4.78, 5) is 11.1. The van der Waals surface area contributed by atoms with Gasteiger partial charge in [-0.15, -0.1) is 0 Å². The number of hydrogen-bond acceptors (Lipinski definition) is 3. The zero-order valence-electron chi connectivity index (χ0n) is 11.6. The van der Waals surface area contributed by atoms with Crippen molar-refractivity contribution >= 4 is 11.7 Å². The van der Waals surface area contributed by atoms with Crippen molar-refractivity contribution in [2.24, 2.45) is 0 Å². The molecule has 1 aromatic rings. The fourth-order valence-electron chi connectivity index (χ4n) is 1.94. The highest BCUT2D eigenvalue weighted by atomic mass is 16.5. The zero-order valence-corrected chi connectivity index (χ0v) is 11.6. The molecule has 0 radical (unpaired) electrons. The molecule has 1 aromatic carbocycles. The number of nitrogens with one attached hydrogen (secondary N) is 1. The van der Waals surface area contributed by atoms with Crippen LogP contribution in [0, 0.1) is 13.8 Å². The normalized spacial score (nSPS) is 10.2. The van der Waals surface area contributed by atoms with Gasteiger partial charge in [0.25, 0.3) is 0 Å². The molecule has 0 amide bonds. The number of carbonyl (C=O) groups is 1. The summed E-state index contributed by atoms with van der Waals surface area (Å²) in [5, 5.41) is 3.38. The van der Waals surface area contributed by atoms with Gasteiger partial charge in [-0.05, 0) is 56.9 Å². The lowest BCUT2D eigenvalue weighted by molar-refractivity contribution is -0.143. The van der Waals surface area contributed by atoms with Crippen molar-refractivity contribution in [2.45, 2.75) is 40.0 Å². The van der Waals surface area contributed by atoms with E-state index in [0.717, 1.165) is 25.1 Å². The van der Waals surface area contributed by atoms with Gasteiger partial charge in [0.1, 0.15) is 0 Å². The first-order valence-electron chi connectivity index (χ1n) is 6.59. The second-order valence-electron chi connectivity index (χ2n) is 4.57. The smallest absolute Gasteiger partial charge is 0.305 e. The van der Waals surface area contributed by atoms with E-state index in [0.29, 0.717) is 13.0 Å². The van der Waals surface area contributed by atoms with E-state index in [4.69, 9.17) is 4.74 Å². The summed E-state index contributed by atoms with van der Waals surface area (Å²) in [6.07, 6.45) is 2.37. The lowest BCUT2D eigenvalue weighted by Crippen LogP contribution is -2.06. The number of anilines is 1. The van der Waals surface area contributed by atoms with Crippen molar-refractivity contribution < 1.29 is 9.53 Å². The van der Waals surface area contributed by atoms with Crippen LogP contribution >= 0.6 is 0 Å². The van der Waals surface area contributed by atoms with Gasteiger partial charge in [-0.25, -0.2) is 0 Å². The largest absolute Gasteiger partial charge is 0.466 e. The van der Waals surface area contributed by atoms with E-state index in [1.165, 1.54) is 11.1 Å². The minimum atomic E-state index is -0.0936. The molecule has 0 aliphatic heterocycles. The zero-order chi connectivity index (χ0) is 13.4. The fraction of sp³-hybridized carbons (Fsp3) is 0.533. The number of aryl methyl sites for hydroxylation is 2. The van der Waals surface area contributed by atoms with Gasteiger partial charge in [0.2, 0.25) is 0 Å². The highest BCUT2D eigenvalue weighted by Gasteiger charge is 2.00. The molecule has 0 atom stereocenters. The molecule has 0 heterocycles. The van der Waals surface area contributed by atoms with Gasteiger partial charge in [-0.2, -0.15) is 0 Å². The van der Waals surface area contributed by atoms with Crippen molar-refractivity contribution in [3.63, 3.8) is 0 Å². The van der Waals surface area contributed by atoms with Gasteiger partial charge in [-0.1, -0.05) is 6.07 Å². The Labute approximate surface area is 110 Å². The van der Waals surface area contributed by atoms with Crippen LogP contribution in [0.3, 0.4) is 0 Å². The molecule has 0 spiro atoms. The van der Waals surface area contributed by atoms with Gasteiger partial charge in [-0.3, -0.25) is 4.79 Å². The lowest BCUT2D eigenvalue weighted by Gasteiger charge is -2.08. The van der Waals surface area contributed by atoms with E-state index >= 15 is 0 Å². The quantitative estimate of drug-likeness (QED) is 0.594. The average Bonchev–Trinajstić information content (AvgIpc) is 2.27. The van der Waals surface area contributed by atoms with E-state index in [2.05, 4.69) is 37.4 Å². The molecule has 0 saturated heterocycles. The highest BCUT2D eigenvalue weighted by Crippen LogP contribution is 2.13. The summed E-state index contributed by atoms with van der Waals surface area (Å²) < 4.78 is 4.88. The predicted molar refractivity (Wildman–Crippen MR) is 74.9 cm³/mol. The molecule has 18 heavy (non-hydrogen) atoms. The molecule has 100 valence electrons. The molecule has 3 nitrogen and oxygen atoms in total. The highest BCUT2D eigenvalue weighted by molar-refractivity contribution is 5.69. The van der Waals surface area contributed by atoms with Crippen LogP contribution in [0.2, 0.25) is 0 Å². The lowest BCUT2D eigenvalue weighted by atomic mass is 10.1. The first kappa shape index (κ1) is 14.6. The van der Waals surface area contributed by atoms with Crippen molar-refractivity contribution in [3.8, 4) is 0 Å². The van der Waals surface area contributed by atoms with Crippen LogP contribution in [0.5, 0.6) is 0 Å². The molecular formula is C15H23NO2. The number of esters is 1. The number of carbonyl (C=O) groups excluding carboxylic acids is 1. The van der Waals surface area contributed by atoms with E-state index in [1.54, 1.807) is 0 Å². The molecule has 1 N–H and O–H groups in total. The van der Waals surface area contributed by atoms with E-state index in [1.807, 2.05) is 6.92 Å². The first-order chi connectivity index (χ1) is 8.61. The van der Waals surface area contributed by atoms with Crippen molar-refractivity contribution in [3.05, 3.63) is 29.3 Å². The molecule has 0 unspecified atom stereocenters. The van der Waals surface area contributed by atoms with Gasteiger partial charge >= 0.3 is 5.97 Å². The third-order valence-corrected chi connectivity index (χ3v) is 2.66. The Morgan fingerprint density at radius 1 is 1.17 bits per heavy atom. The SMILES string of the molecule is CCOC(=O)CCCCNc1cc(C)cc(C)c1. The maximum Gasteiger partial charge on any atom is 0.305 e. The van der Waals surface area contributed by atoms with Gasteiger partial charge in [0.05, 0.1) is 6.61 Å². The minimum Gasteiger partial charge on any atom is -0.466 e. The van der Waals surface area contributed by atoms with Crippen LogP contribution in [-0.2, 0) is 9.53 Å². The topological polar surface area (TPSA) is 38.3 Å². The van der Waals surface area contributed by atoms with E-state index < -0.39 is 0 Å². The van der Waals surface area contributed by atoms with Crippen LogP contribution in [0.15, 0.2) is 18.2 Å². The third-order valence-electron chi connectivity index (χ3n) is 2.66. The maximum absolute atomic E-state index is 11.1. The van der Waals surface area contributed by atoms with Crippen molar-refractivity contribution in [1.29, 1.82) is 0 Å². The summed E-state index contributed by atoms with van der Waals surface area (Å²) in [6.45, 7) is 7.39. The molecule has 0 aliphatic carbocycles. The number of benzene rings is 1. The summed E-state index contributed by atoms with van der Waals surface area (Å²) in [5.41, 5.74) is 3.69. The Morgan fingerprint density at radius 2 is 1.83 bits per heavy atom. The Balaban J connectivity index is 2.19. The Hall–Kier alpha value is -1.51. The molecule has 0 saturated carbocycles. The number of rotatable bonds is 7. The van der Waals surface area contributed by atoms with Crippen LogP contribution in [0.1, 0.15) is 37.3 Å². The van der Waals surface area contributed by atoms with E-state index in [-0.39, 0.29) is 5.97 Å². The van der Waals surface area contributed by atoms with Gasteiger partial charge < -0.3 is 10.1 Å². The number of ether oxygens (including phenoxy) is 1. The molecule has 0 aromatic heterocycles. The Bertz CT molecular complexity index is 368. The standard InChI is InChI=1S/C15H23NO2/c1-4-18-15(17)7-5-6-8-16-14-10-12(2)9-13(3)11-14/h9-11,16H,4-8H2,1-3H3. The molecule has 0 fully saturated rings. The summed E-state index contributed by atoms with van der Waals surface area (Å²) in [6, 6.07) is 6.43. The van der Waals surface area contributed by atoms with Crippen LogP contribution < -0.4 is 5.32 Å². The van der Waals surface area contributed by atoms with E-state index in [9.17, 15) is 4.79 Å². The first-order valence-corrected chi connectivity index (χ1v) is 6.59. The van der Waals surface area contributed by atoms with Gasteiger partial charge in [0, 0.05) is 18.7 Å². The Kier molecular flexibility index (Phi) is 6.26. The average molecular weight is 249 g/mol. The molecule has 0 aliphatic rings. The number of hydrogen-bond donors (Lipinski definition) is 1.